The van der Waals surface area contributed by atoms with E-state index in [1.165, 1.54) is 44.9 Å². The SMILES string of the molecule is CCC1CC(C)CC(CC)(C(=O)OCC2COC(C3CC4CCCC(C4)C3)O2)C1. The minimum Gasteiger partial charge on any atom is -0.462 e. The summed E-state index contributed by atoms with van der Waals surface area (Å²) >= 11 is 0. The van der Waals surface area contributed by atoms with E-state index in [0.29, 0.717) is 31.0 Å². The molecule has 0 radical (unpaired) electrons. The van der Waals surface area contributed by atoms with Crippen LogP contribution in [-0.4, -0.2) is 31.6 Å². The van der Waals surface area contributed by atoms with Gasteiger partial charge in [0, 0.05) is 5.92 Å². The summed E-state index contributed by atoms with van der Waals surface area (Å²) < 4.78 is 18.1. The quantitative estimate of drug-likeness (QED) is 0.528. The Kier molecular flexibility index (Phi) is 6.90. The zero-order valence-corrected chi connectivity index (χ0v) is 18.9. The minimum absolute atomic E-state index is 0.00393. The minimum atomic E-state index is -0.294. The van der Waals surface area contributed by atoms with Crippen LogP contribution in [0, 0.1) is 35.0 Å². The van der Waals surface area contributed by atoms with Gasteiger partial charge in [-0.1, -0.05) is 46.5 Å². The fraction of sp³-hybridized carbons (Fsp3) is 0.960. The largest absolute Gasteiger partial charge is 0.462 e. The molecule has 1 heterocycles. The van der Waals surface area contributed by atoms with E-state index in [1.54, 1.807) is 0 Å². The van der Waals surface area contributed by atoms with Crippen LogP contribution < -0.4 is 0 Å². The molecule has 3 saturated carbocycles. The van der Waals surface area contributed by atoms with Crippen molar-refractivity contribution in [3.63, 3.8) is 0 Å². The zero-order valence-electron chi connectivity index (χ0n) is 18.9. The van der Waals surface area contributed by atoms with Gasteiger partial charge in [-0.2, -0.15) is 0 Å². The van der Waals surface area contributed by atoms with E-state index in [-0.39, 0.29) is 23.8 Å². The number of hydrogen-bond donors (Lipinski definition) is 0. The van der Waals surface area contributed by atoms with Gasteiger partial charge >= 0.3 is 5.97 Å². The van der Waals surface area contributed by atoms with Gasteiger partial charge < -0.3 is 14.2 Å². The Morgan fingerprint density at radius 3 is 2.52 bits per heavy atom. The average Bonchev–Trinajstić information content (AvgIpc) is 3.20. The number of fused-ring (bicyclic) bond motifs is 2. The molecule has 1 aliphatic heterocycles. The maximum absolute atomic E-state index is 13.1. The average molecular weight is 407 g/mol. The van der Waals surface area contributed by atoms with Gasteiger partial charge in [-0.15, -0.1) is 0 Å². The molecule has 0 aromatic carbocycles. The van der Waals surface area contributed by atoms with Crippen LogP contribution >= 0.6 is 0 Å². The van der Waals surface area contributed by atoms with Gasteiger partial charge in [0.05, 0.1) is 12.0 Å². The normalized spacial score (nSPS) is 45.1. The van der Waals surface area contributed by atoms with Crippen molar-refractivity contribution in [2.24, 2.45) is 35.0 Å². The highest BCUT2D eigenvalue weighted by molar-refractivity contribution is 5.77. The third kappa shape index (κ3) is 4.84. The van der Waals surface area contributed by atoms with E-state index in [9.17, 15) is 4.79 Å². The maximum Gasteiger partial charge on any atom is 0.312 e. The van der Waals surface area contributed by atoms with E-state index >= 15 is 0 Å². The fourth-order valence-electron chi connectivity index (χ4n) is 7.08. The Labute approximate surface area is 177 Å². The lowest BCUT2D eigenvalue weighted by Crippen LogP contribution is -2.41. The van der Waals surface area contributed by atoms with Crippen molar-refractivity contribution in [2.45, 2.75) is 104 Å². The molecule has 4 fully saturated rings. The van der Waals surface area contributed by atoms with E-state index < -0.39 is 0 Å². The van der Waals surface area contributed by atoms with Gasteiger partial charge in [-0.3, -0.25) is 4.79 Å². The van der Waals surface area contributed by atoms with Crippen molar-refractivity contribution in [1.29, 1.82) is 0 Å². The van der Waals surface area contributed by atoms with E-state index in [4.69, 9.17) is 14.2 Å². The lowest BCUT2D eigenvalue weighted by molar-refractivity contribution is -0.167. The molecule has 0 amide bonds. The highest BCUT2D eigenvalue weighted by Crippen LogP contribution is 2.47. The third-order valence-electron chi connectivity index (χ3n) is 8.56. The molecule has 4 heteroatoms. The number of esters is 1. The molecule has 7 atom stereocenters. The van der Waals surface area contributed by atoms with Crippen LogP contribution in [0.15, 0.2) is 0 Å². The summed E-state index contributed by atoms with van der Waals surface area (Å²) in [6.07, 6.45) is 13.2. The molecule has 0 aromatic heterocycles. The molecular formula is C25H42O4. The first-order chi connectivity index (χ1) is 14.0. The molecular weight excluding hydrogens is 364 g/mol. The van der Waals surface area contributed by atoms with Gasteiger partial charge in [0.25, 0.3) is 0 Å². The number of carbonyl (C=O) groups is 1. The van der Waals surface area contributed by atoms with Crippen molar-refractivity contribution in [1.82, 2.24) is 0 Å². The van der Waals surface area contributed by atoms with Gasteiger partial charge in [-0.25, -0.2) is 0 Å². The molecule has 1 saturated heterocycles. The van der Waals surface area contributed by atoms with Gasteiger partial charge in [-0.05, 0) is 68.6 Å². The van der Waals surface area contributed by atoms with Gasteiger partial charge in [0.2, 0.25) is 0 Å². The number of hydrogen-bond acceptors (Lipinski definition) is 4. The molecule has 0 aromatic rings. The predicted molar refractivity (Wildman–Crippen MR) is 113 cm³/mol. The summed E-state index contributed by atoms with van der Waals surface area (Å²) in [5, 5.41) is 0. The standard InChI is InChI=1S/C25H42O4/c1-4-18-9-17(3)13-25(5-2,14-18)24(26)28-16-22-15-27-23(29-22)21-11-19-7-6-8-20(10-19)12-21/h17-23H,4-16H2,1-3H3. The Bertz CT molecular complexity index is 551. The summed E-state index contributed by atoms with van der Waals surface area (Å²) in [5.74, 6) is 3.53. The summed E-state index contributed by atoms with van der Waals surface area (Å²) in [7, 11) is 0. The Morgan fingerprint density at radius 1 is 1.07 bits per heavy atom. The smallest absolute Gasteiger partial charge is 0.312 e. The second kappa shape index (κ2) is 9.26. The van der Waals surface area contributed by atoms with Crippen LogP contribution in [0.2, 0.25) is 0 Å². The van der Waals surface area contributed by atoms with E-state index in [0.717, 1.165) is 37.5 Å². The van der Waals surface area contributed by atoms with Crippen LogP contribution in [0.1, 0.15) is 91.4 Å². The predicted octanol–water partition coefficient (Wildman–Crippen LogP) is 5.73. The third-order valence-corrected chi connectivity index (χ3v) is 8.56. The zero-order chi connectivity index (χ0) is 20.4. The van der Waals surface area contributed by atoms with E-state index in [2.05, 4.69) is 20.8 Å². The van der Waals surface area contributed by atoms with Crippen LogP contribution in [0.3, 0.4) is 0 Å². The summed E-state index contributed by atoms with van der Waals surface area (Å²) in [4.78, 5) is 13.1. The number of ether oxygens (including phenoxy) is 3. The highest BCUT2D eigenvalue weighted by Gasteiger charge is 2.45. The summed E-state index contributed by atoms with van der Waals surface area (Å²) in [6.45, 7) is 7.60. The van der Waals surface area contributed by atoms with Crippen LogP contribution in [0.25, 0.3) is 0 Å². The van der Waals surface area contributed by atoms with Crippen molar-refractivity contribution in [3.05, 3.63) is 0 Å². The van der Waals surface area contributed by atoms with Crippen molar-refractivity contribution in [3.8, 4) is 0 Å². The molecule has 2 bridgehead atoms. The Balaban J connectivity index is 1.27. The molecule has 7 unspecified atom stereocenters. The topological polar surface area (TPSA) is 44.8 Å². The van der Waals surface area contributed by atoms with Crippen LogP contribution in [-0.2, 0) is 19.0 Å². The Morgan fingerprint density at radius 2 is 1.83 bits per heavy atom. The lowest BCUT2D eigenvalue weighted by Gasteiger charge is -2.41. The maximum atomic E-state index is 13.1. The van der Waals surface area contributed by atoms with Gasteiger partial charge in [0.1, 0.15) is 12.7 Å². The lowest BCUT2D eigenvalue weighted by atomic mass is 9.64. The molecule has 4 rings (SSSR count). The molecule has 4 nitrogen and oxygen atoms in total. The monoisotopic (exact) mass is 406 g/mol. The van der Waals surface area contributed by atoms with E-state index in [1.807, 2.05) is 0 Å². The first-order valence-corrected chi connectivity index (χ1v) is 12.5. The Hall–Kier alpha value is -0.610. The van der Waals surface area contributed by atoms with Crippen molar-refractivity contribution in [2.75, 3.05) is 13.2 Å². The molecule has 29 heavy (non-hydrogen) atoms. The fourth-order valence-corrected chi connectivity index (χ4v) is 7.08. The van der Waals surface area contributed by atoms with Crippen LogP contribution in [0.4, 0.5) is 0 Å². The second-order valence-corrected chi connectivity index (χ2v) is 10.8. The molecule has 0 spiro atoms. The number of rotatable bonds is 6. The molecule has 3 aliphatic carbocycles. The van der Waals surface area contributed by atoms with Crippen LogP contribution in [0.5, 0.6) is 0 Å². The molecule has 4 aliphatic rings. The summed E-state index contributed by atoms with van der Waals surface area (Å²) in [5.41, 5.74) is -0.294. The molecule has 166 valence electrons. The summed E-state index contributed by atoms with van der Waals surface area (Å²) in [6, 6.07) is 0. The first kappa shape index (κ1) is 21.6. The van der Waals surface area contributed by atoms with Crippen molar-refractivity contribution >= 4 is 5.97 Å². The first-order valence-electron chi connectivity index (χ1n) is 12.5. The number of carbonyl (C=O) groups excluding carboxylic acids is 1. The molecule has 0 N–H and O–H groups in total. The van der Waals surface area contributed by atoms with Crippen molar-refractivity contribution < 1.29 is 19.0 Å². The van der Waals surface area contributed by atoms with Gasteiger partial charge in [0.15, 0.2) is 6.29 Å². The second-order valence-electron chi connectivity index (χ2n) is 10.8. The highest BCUT2D eigenvalue weighted by atomic mass is 16.7.